The van der Waals surface area contributed by atoms with Gasteiger partial charge in [0.05, 0.1) is 42.9 Å². The van der Waals surface area contributed by atoms with Gasteiger partial charge in [0.25, 0.3) is 0 Å². The van der Waals surface area contributed by atoms with Gasteiger partial charge < -0.3 is 10.1 Å². The number of carbonyl (C=O) groups excluding carboxylic acids is 3. The number of nitrogens with one attached hydrogen (secondary N) is 3. The van der Waals surface area contributed by atoms with Crippen molar-refractivity contribution >= 4 is 46.7 Å². The molecule has 0 heterocycles. The van der Waals surface area contributed by atoms with Gasteiger partial charge in [0.1, 0.15) is 0 Å². The Kier molecular flexibility index (Phi) is 11.5. The van der Waals surface area contributed by atoms with Gasteiger partial charge in [0.2, 0.25) is 5.91 Å². The molecule has 1 amide bonds. The largest absolute Gasteiger partial charge is 0.461 e. The van der Waals surface area contributed by atoms with Gasteiger partial charge >= 0.3 is 5.97 Å². The van der Waals surface area contributed by atoms with E-state index in [2.05, 4.69) is 31.4 Å². The summed E-state index contributed by atoms with van der Waals surface area (Å²) < 4.78 is 5.07. The second-order valence-corrected chi connectivity index (χ2v) is 7.85. The standard InChI is InChI=1S/C26H32N6O4/c1-5-36-26(35)25(32-31-22-12-8-19(3)9-13-22)20(4)27-14-15-28-24(34)16-23(33)17-29-30-21-10-6-18(2)7-11-21/h6-13,17,30-31H,5,14-16H2,1-4H3,(H,28,34)/b27-20?,29-17?,32-25-. The number of aliphatic imine (C=N–C) groups is 1. The van der Waals surface area contributed by atoms with Crippen LogP contribution in [0.15, 0.2) is 63.7 Å². The second-order valence-electron chi connectivity index (χ2n) is 7.85. The lowest BCUT2D eigenvalue weighted by Crippen LogP contribution is -2.30. The van der Waals surface area contributed by atoms with Gasteiger partial charge in [-0.1, -0.05) is 35.4 Å². The number of benzene rings is 2. The van der Waals surface area contributed by atoms with Crippen LogP contribution in [0.25, 0.3) is 0 Å². The van der Waals surface area contributed by atoms with Crippen molar-refractivity contribution < 1.29 is 19.1 Å². The van der Waals surface area contributed by atoms with Gasteiger partial charge in [-0.2, -0.15) is 10.2 Å². The Hall–Kier alpha value is -4.34. The molecule has 0 aliphatic heterocycles. The predicted octanol–water partition coefficient (Wildman–Crippen LogP) is 3.27. The van der Waals surface area contributed by atoms with Crippen LogP contribution in [0.3, 0.4) is 0 Å². The van der Waals surface area contributed by atoms with E-state index in [1.165, 1.54) is 0 Å². The van der Waals surface area contributed by atoms with E-state index in [4.69, 9.17) is 4.74 Å². The van der Waals surface area contributed by atoms with Crippen molar-refractivity contribution in [1.29, 1.82) is 0 Å². The lowest BCUT2D eigenvalue weighted by molar-refractivity contribution is -0.134. The van der Waals surface area contributed by atoms with Crippen LogP contribution in [-0.4, -0.2) is 55.0 Å². The second kappa shape index (κ2) is 14.8. The number of esters is 1. The summed E-state index contributed by atoms with van der Waals surface area (Å²) in [6.07, 6.45) is 0.739. The number of hydrogen-bond donors (Lipinski definition) is 3. The molecule has 0 radical (unpaired) electrons. The van der Waals surface area contributed by atoms with E-state index in [0.29, 0.717) is 11.4 Å². The monoisotopic (exact) mass is 492 g/mol. The molecule has 0 aliphatic rings. The number of rotatable bonds is 13. The van der Waals surface area contributed by atoms with Gasteiger partial charge in [-0.3, -0.25) is 25.4 Å². The maximum atomic E-state index is 12.3. The highest BCUT2D eigenvalue weighted by Crippen LogP contribution is 2.09. The molecule has 0 saturated heterocycles. The summed E-state index contributed by atoms with van der Waals surface area (Å²) in [4.78, 5) is 40.5. The van der Waals surface area contributed by atoms with Crippen LogP contribution in [-0.2, 0) is 19.1 Å². The van der Waals surface area contributed by atoms with Crippen molar-refractivity contribution in [1.82, 2.24) is 5.32 Å². The molecule has 0 atom stereocenters. The third kappa shape index (κ3) is 10.3. The first-order valence-electron chi connectivity index (χ1n) is 11.5. The van der Waals surface area contributed by atoms with E-state index in [0.717, 1.165) is 23.0 Å². The molecular formula is C26H32N6O4. The summed E-state index contributed by atoms with van der Waals surface area (Å²) in [5, 5.41) is 10.6. The highest BCUT2D eigenvalue weighted by Gasteiger charge is 2.16. The van der Waals surface area contributed by atoms with Crippen molar-refractivity contribution in [2.75, 3.05) is 30.5 Å². The number of hydrogen-bond acceptors (Lipinski definition) is 9. The number of ketones is 1. The summed E-state index contributed by atoms with van der Waals surface area (Å²) in [5.74, 6) is -1.49. The van der Waals surface area contributed by atoms with Crippen molar-refractivity contribution in [3.63, 3.8) is 0 Å². The zero-order valence-electron chi connectivity index (χ0n) is 21.0. The molecule has 0 unspecified atom stereocenters. The van der Waals surface area contributed by atoms with Crippen molar-refractivity contribution in [3.8, 4) is 0 Å². The van der Waals surface area contributed by atoms with E-state index in [-0.39, 0.29) is 31.8 Å². The summed E-state index contributed by atoms with van der Waals surface area (Å²) in [5.41, 5.74) is 9.63. The maximum Gasteiger partial charge on any atom is 0.360 e. The van der Waals surface area contributed by atoms with E-state index in [1.54, 1.807) is 13.8 Å². The van der Waals surface area contributed by atoms with Gasteiger partial charge in [-0.05, 0) is 52.0 Å². The number of hydrazone groups is 2. The first-order valence-corrected chi connectivity index (χ1v) is 11.5. The van der Waals surface area contributed by atoms with Gasteiger partial charge in [0, 0.05) is 6.54 Å². The number of carbonyl (C=O) groups is 3. The summed E-state index contributed by atoms with van der Waals surface area (Å²) in [7, 11) is 0. The molecule has 0 aliphatic carbocycles. The average molecular weight is 493 g/mol. The molecule has 36 heavy (non-hydrogen) atoms. The third-order valence-electron chi connectivity index (χ3n) is 4.73. The zero-order chi connectivity index (χ0) is 26.3. The first-order chi connectivity index (χ1) is 17.3. The molecule has 3 N–H and O–H groups in total. The predicted molar refractivity (Wildman–Crippen MR) is 143 cm³/mol. The Labute approximate surface area is 210 Å². The van der Waals surface area contributed by atoms with Gasteiger partial charge in [0.15, 0.2) is 11.5 Å². The smallest absolute Gasteiger partial charge is 0.360 e. The maximum absolute atomic E-state index is 12.3. The lowest BCUT2D eigenvalue weighted by atomic mass is 10.2. The molecule has 10 nitrogen and oxygen atoms in total. The molecule has 10 heteroatoms. The molecule has 190 valence electrons. The average Bonchev–Trinajstić information content (AvgIpc) is 2.84. The van der Waals surface area contributed by atoms with Crippen molar-refractivity contribution in [2.45, 2.75) is 34.1 Å². The number of aryl methyl sites for hydroxylation is 2. The number of ether oxygens (including phenoxy) is 1. The van der Waals surface area contributed by atoms with Crippen LogP contribution < -0.4 is 16.2 Å². The highest BCUT2D eigenvalue weighted by molar-refractivity contribution is 6.65. The molecule has 0 spiro atoms. The van der Waals surface area contributed by atoms with E-state index in [1.807, 2.05) is 62.4 Å². The lowest BCUT2D eigenvalue weighted by Gasteiger charge is -2.08. The Bertz CT molecular complexity index is 1120. The number of Topliss-reactive ketones (excluding diaryl/α,β-unsaturated/α-hetero) is 1. The molecule has 2 aromatic carbocycles. The SMILES string of the molecule is CCOC(=O)/C(=N\Nc1ccc(C)cc1)C(C)=NCCNC(=O)CC(=O)C=NNc1ccc(C)cc1. The Morgan fingerprint density at radius 1 is 0.917 bits per heavy atom. The minimum atomic E-state index is -0.605. The molecule has 0 aromatic heterocycles. The topological polar surface area (TPSA) is 134 Å². The Morgan fingerprint density at radius 2 is 1.50 bits per heavy atom. The van der Waals surface area contributed by atoms with Crippen LogP contribution in [0.4, 0.5) is 11.4 Å². The van der Waals surface area contributed by atoms with E-state index < -0.39 is 17.7 Å². The van der Waals surface area contributed by atoms with Crippen LogP contribution in [0.1, 0.15) is 31.4 Å². The van der Waals surface area contributed by atoms with Crippen LogP contribution >= 0.6 is 0 Å². The molecule has 0 saturated carbocycles. The highest BCUT2D eigenvalue weighted by atomic mass is 16.5. The fourth-order valence-corrected chi connectivity index (χ4v) is 2.79. The molecule has 0 fully saturated rings. The zero-order valence-corrected chi connectivity index (χ0v) is 21.0. The van der Waals surface area contributed by atoms with E-state index >= 15 is 0 Å². The number of amides is 1. The number of nitrogens with zero attached hydrogens (tertiary/aromatic N) is 3. The Balaban J connectivity index is 1.82. The minimum Gasteiger partial charge on any atom is -0.461 e. The normalized spacial score (nSPS) is 11.8. The van der Waals surface area contributed by atoms with Crippen molar-refractivity contribution in [3.05, 3.63) is 59.7 Å². The van der Waals surface area contributed by atoms with Gasteiger partial charge in [-0.25, -0.2) is 4.79 Å². The Morgan fingerprint density at radius 3 is 2.08 bits per heavy atom. The number of anilines is 2. The molecule has 2 rings (SSSR count). The van der Waals surface area contributed by atoms with E-state index in [9.17, 15) is 14.4 Å². The first kappa shape index (κ1) is 27.9. The molecule has 0 bridgehead atoms. The molecule has 2 aromatic rings. The van der Waals surface area contributed by atoms with Crippen LogP contribution in [0, 0.1) is 13.8 Å². The molecular weight excluding hydrogens is 460 g/mol. The fraction of sp³-hybridized carbons (Fsp3) is 0.308. The minimum absolute atomic E-state index is 0.0382. The van der Waals surface area contributed by atoms with Crippen LogP contribution in [0.5, 0.6) is 0 Å². The van der Waals surface area contributed by atoms with Crippen LogP contribution in [0.2, 0.25) is 0 Å². The van der Waals surface area contributed by atoms with Crippen molar-refractivity contribution in [2.24, 2.45) is 15.2 Å². The van der Waals surface area contributed by atoms with Gasteiger partial charge in [-0.15, -0.1) is 0 Å². The third-order valence-corrected chi connectivity index (χ3v) is 4.73. The fourth-order valence-electron chi connectivity index (χ4n) is 2.79. The summed E-state index contributed by atoms with van der Waals surface area (Å²) in [6.45, 7) is 7.86. The summed E-state index contributed by atoms with van der Waals surface area (Å²) >= 11 is 0. The quantitative estimate of drug-likeness (QED) is 0.129. The summed E-state index contributed by atoms with van der Waals surface area (Å²) in [6, 6.07) is 15.0.